The molecule has 46 heavy (non-hydrogen) atoms. The Morgan fingerprint density at radius 1 is 0.652 bits per heavy atom. The van der Waals surface area contributed by atoms with E-state index in [1.807, 2.05) is 54.6 Å². The maximum Gasteiger partial charge on any atom is 0.409 e. The SMILES string of the molecule is CCCCN(CCCC)[C@H]1C=C(COCc2ccccc2)[C@@H](OCc2ccccc2)[C@H](OCc2ccccc2)[C@@H]1OC(=O)N(C)C. The number of benzene rings is 3. The zero-order valence-electron chi connectivity index (χ0n) is 28.1. The maximum atomic E-state index is 13.3. The summed E-state index contributed by atoms with van der Waals surface area (Å²) in [7, 11) is 3.43. The molecule has 0 bridgehead atoms. The Bertz CT molecular complexity index is 1290. The first-order chi connectivity index (χ1) is 22.5. The quantitative estimate of drug-likeness (QED) is 0.135. The molecule has 0 N–H and O–H groups in total. The molecule has 4 rings (SSSR count). The summed E-state index contributed by atoms with van der Waals surface area (Å²) in [6, 6.07) is 30.3. The van der Waals surface area contributed by atoms with Crippen molar-refractivity contribution in [3.05, 3.63) is 119 Å². The molecule has 0 unspecified atom stereocenters. The van der Waals surface area contributed by atoms with Gasteiger partial charge < -0.3 is 23.8 Å². The van der Waals surface area contributed by atoms with Gasteiger partial charge in [-0.3, -0.25) is 4.90 Å². The van der Waals surface area contributed by atoms with Crippen LogP contribution in [-0.4, -0.2) is 74.0 Å². The van der Waals surface area contributed by atoms with Crippen molar-refractivity contribution in [2.24, 2.45) is 0 Å². The van der Waals surface area contributed by atoms with Gasteiger partial charge in [0.15, 0.2) is 6.10 Å². The van der Waals surface area contributed by atoms with Crippen molar-refractivity contribution in [1.82, 2.24) is 9.80 Å². The topological polar surface area (TPSA) is 60.5 Å². The van der Waals surface area contributed by atoms with Gasteiger partial charge in [0.25, 0.3) is 0 Å². The lowest BCUT2D eigenvalue weighted by molar-refractivity contribution is -0.146. The standard InChI is InChI=1S/C39H52N2O5/c1-5-7-24-41(25-8-6-2)35-26-34(30-43-27-31-18-12-9-13-19-31)36(44-28-32-20-14-10-15-21-32)38(37(35)46-39(42)40(3)4)45-29-33-22-16-11-17-23-33/h9-23,26,35-38H,5-8,24-25,27-30H2,1-4H3/t35-,36+,37+,38-/m0/s1. The van der Waals surface area contributed by atoms with Crippen LogP contribution in [0.1, 0.15) is 56.2 Å². The molecule has 3 aromatic rings. The summed E-state index contributed by atoms with van der Waals surface area (Å²) in [4.78, 5) is 17.2. The molecule has 1 aliphatic carbocycles. The van der Waals surface area contributed by atoms with E-state index in [1.165, 1.54) is 4.90 Å². The van der Waals surface area contributed by atoms with E-state index in [-0.39, 0.29) is 6.04 Å². The number of amides is 1. The van der Waals surface area contributed by atoms with Crippen LogP contribution in [0, 0.1) is 0 Å². The van der Waals surface area contributed by atoms with Gasteiger partial charge in [0.05, 0.1) is 32.5 Å². The van der Waals surface area contributed by atoms with Gasteiger partial charge in [-0.05, 0) is 48.2 Å². The number of hydrogen-bond donors (Lipinski definition) is 0. The highest BCUT2D eigenvalue weighted by molar-refractivity contribution is 5.67. The van der Waals surface area contributed by atoms with Crippen LogP contribution < -0.4 is 0 Å². The predicted molar refractivity (Wildman–Crippen MR) is 183 cm³/mol. The summed E-state index contributed by atoms with van der Waals surface area (Å²) in [5.41, 5.74) is 4.22. The van der Waals surface area contributed by atoms with Gasteiger partial charge in [0.2, 0.25) is 0 Å². The number of unbranched alkanes of at least 4 members (excludes halogenated alkanes) is 2. The predicted octanol–water partition coefficient (Wildman–Crippen LogP) is 7.65. The first-order valence-corrected chi connectivity index (χ1v) is 16.7. The Labute approximate surface area is 276 Å². The first kappa shape index (κ1) is 35.4. The zero-order chi connectivity index (χ0) is 32.6. The third-order valence-electron chi connectivity index (χ3n) is 8.27. The Morgan fingerprint density at radius 2 is 1.15 bits per heavy atom. The van der Waals surface area contributed by atoms with Gasteiger partial charge in [-0.25, -0.2) is 4.79 Å². The molecular weight excluding hydrogens is 576 g/mol. The van der Waals surface area contributed by atoms with Gasteiger partial charge in [-0.2, -0.15) is 0 Å². The molecule has 0 saturated carbocycles. The van der Waals surface area contributed by atoms with Crippen molar-refractivity contribution in [2.45, 2.75) is 83.7 Å². The van der Waals surface area contributed by atoms with Crippen LogP contribution in [0.2, 0.25) is 0 Å². The minimum atomic E-state index is -0.592. The highest BCUT2D eigenvalue weighted by Gasteiger charge is 2.46. The van der Waals surface area contributed by atoms with E-state index in [9.17, 15) is 4.79 Å². The summed E-state index contributed by atoms with van der Waals surface area (Å²) in [5.74, 6) is 0. The molecule has 7 nitrogen and oxygen atoms in total. The number of carbonyl (C=O) groups is 1. The first-order valence-electron chi connectivity index (χ1n) is 16.7. The smallest absolute Gasteiger partial charge is 0.409 e. The van der Waals surface area contributed by atoms with Crippen LogP contribution in [0.25, 0.3) is 0 Å². The van der Waals surface area contributed by atoms with Gasteiger partial charge in [-0.15, -0.1) is 0 Å². The van der Waals surface area contributed by atoms with Gasteiger partial charge in [0, 0.05) is 14.1 Å². The third-order valence-corrected chi connectivity index (χ3v) is 8.27. The monoisotopic (exact) mass is 628 g/mol. The molecule has 4 atom stereocenters. The van der Waals surface area contributed by atoms with Crippen LogP contribution in [0.5, 0.6) is 0 Å². The van der Waals surface area contributed by atoms with Crippen molar-refractivity contribution in [3.63, 3.8) is 0 Å². The maximum absolute atomic E-state index is 13.3. The Hall–Kier alpha value is -3.49. The number of carbonyl (C=O) groups excluding carboxylic acids is 1. The zero-order valence-corrected chi connectivity index (χ0v) is 28.1. The molecule has 1 amide bonds. The van der Waals surface area contributed by atoms with Gasteiger partial charge in [-0.1, -0.05) is 124 Å². The molecule has 3 aromatic carbocycles. The fourth-order valence-corrected chi connectivity index (χ4v) is 5.69. The lowest BCUT2D eigenvalue weighted by Gasteiger charge is -2.45. The summed E-state index contributed by atoms with van der Waals surface area (Å²) in [6.07, 6.45) is 4.44. The van der Waals surface area contributed by atoms with E-state index in [1.54, 1.807) is 14.1 Å². The normalized spacial score (nSPS) is 19.5. The van der Waals surface area contributed by atoms with E-state index in [2.05, 4.69) is 61.2 Å². The highest BCUT2D eigenvalue weighted by atomic mass is 16.6. The molecule has 248 valence electrons. The lowest BCUT2D eigenvalue weighted by atomic mass is 9.86. The van der Waals surface area contributed by atoms with Crippen molar-refractivity contribution < 1.29 is 23.7 Å². The fourth-order valence-electron chi connectivity index (χ4n) is 5.69. The highest BCUT2D eigenvalue weighted by Crippen LogP contribution is 2.33. The van der Waals surface area contributed by atoms with Crippen LogP contribution in [0.3, 0.4) is 0 Å². The second kappa shape index (κ2) is 19.2. The van der Waals surface area contributed by atoms with Gasteiger partial charge >= 0.3 is 6.09 Å². The number of hydrogen-bond acceptors (Lipinski definition) is 6. The summed E-state index contributed by atoms with van der Waals surface area (Å²) in [5, 5.41) is 0. The fraction of sp³-hybridized carbons (Fsp3) is 0.462. The summed E-state index contributed by atoms with van der Waals surface area (Å²) >= 11 is 0. The van der Waals surface area contributed by atoms with Crippen LogP contribution >= 0.6 is 0 Å². The molecule has 7 heteroatoms. The molecule has 0 aromatic heterocycles. The second-order valence-corrected chi connectivity index (χ2v) is 12.2. The molecule has 0 spiro atoms. The molecule has 0 aliphatic heterocycles. The van der Waals surface area contributed by atoms with Crippen LogP contribution in [-0.2, 0) is 38.8 Å². The van der Waals surface area contributed by atoms with E-state index in [0.717, 1.165) is 61.0 Å². The third kappa shape index (κ3) is 10.8. The van der Waals surface area contributed by atoms with E-state index in [4.69, 9.17) is 18.9 Å². The largest absolute Gasteiger partial charge is 0.441 e. The van der Waals surface area contributed by atoms with Crippen molar-refractivity contribution >= 4 is 6.09 Å². The van der Waals surface area contributed by atoms with Crippen molar-refractivity contribution in [3.8, 4) is 0 Å². The summed E-state index contributed by atoms with van der Waals surface area (Å²) < 4.78 is 26.3. The lowest BCUT2D eigenvalue weighted by Crippen LogP contribution is -2.59. The Balaban J connectivity index is 1.75. The molecule has 0 heterocycles. The number of nitrogens with zero attached hydrogens (tertiary/aromatic N) is 2. The Morgan fingerprint density at radius 3 is 1.65 bits per heavy atom. The van der Waals surface area contributed by atoms with Crippen molar-refractivity contribution in [2.75, 3.05) is 33.8 Å². The Kier molecular flexibility index (Phi) is 14.8. The molecule has 0 fully saturated rings. The average Bonchev–Trinajstić information content (AvgIpc) is 3.08. The second-order valence-electron chi connectivity index (χ2n) is 12.2. The van der Waals surface area contributed by atoms with Crippen molar-refractivity contribution in [1.29, 1.82) is 0 Å². The number of rotatable bonds is 18. The molecular formula is C39H52N2O5. The minimum Gasteiger partial charge on any atom is -0.441 e. The average molecular weight is 629 g/mol. The van der Waals surface area contributed by atoms with E-state index in [0.29, 0.717) is 26.4 Å². The van der Waals surface area contributed by atoms with E-state index >= 15 is 0 Å². The molecule has 0 saturated heterocycles. The molecule has 1 aliphatic rings. The number of ether oxygens (including phenoxy) is 4. The van der Waals surface area contributed by atoms with Crippen LogP contribution in [0.4, 0.5) is 4.79 Å². The van der Waals surface area contributed by atoms with Gasteiger partial charge in [0.1, 0.15) is 12.2 Å². The van der Waals surface area contributed by atoms with Crippen LogP contribution in [0.15, 0.2) is 103 Å². The minimum absolute atomic E-state index is 0.199. The molecule has 0 radical (unpaired) electrons. The van der Waals surface area contributed by atoms with E-state index < -0.39 is 24.4 Å². The summed E-state index contributed by atoms with van der Waals surface area (Å²) in [6.45, 7) is 7.82.